The third-order valence-corrected chi connectivity index (χ3v) is 15.8. The van der Waals surface area contributed by atoms with E-state index < -0.39 is 91.5 Å². The molecule has 18 heteroatoms. The van der Waals surface area contributed by atoms with Gasteiger partial charge in [-0.15, -0.1) is 0 Å². The van der Waals surface area contributed by atoms with Gasteiger partial charge in [-0.1, -0.05) is 236 Å². The smallest absolute Gasteiger partial charge is 0.463 e. The van der Waals surface area contributed by atoms with Crippen LogP contribution in [0.1, 0.15) is 239 Å². The first kappa shape index (κ1) is 89.9. The topological polar surface area (TPSA) is 231 Å². The van der Waals surface area contributed by atoms with E-state index in [2.05, 4.69) is 191 Å². The van der Waals surface area contributed by atoms with Crippen LogP contribution in [-0.4, -0.2) is 95.9 Å². The van der Waals surface area contributed by atoms with E-state index in [1.54, 1.807) is 0 Å². The molecule has 95 heavy (non-hydrogen) atoms. The Hall–Kier alpha value is -5.09. The number of allylic oxidation sites excluding steroid dienone is 28. The predicted octanol–water partition coefficient (Wildman–Crippen LogP) is 20.1. The van der Waals surface area contributed by atoms with Crippen LogP contribution in [0.25, 0.3) is 0 Å². The number of phosphoric acid groups is 2. The van der Waals surface area contributed by atoms with E-state index in [0.717, 1.165) is 154 Å². The molecule has 0 aliphatic rings. The molecule has 16 nitrogen and oxygen atoms in total. The number of carbonyl (C=O) groups is 3. The molecule has 0 aromatic heterocycles. The maximum atomic E-state index is 12.9. The minimum absolute atomic E-state index is 0.0496. The van der Waals surface area contributed by atoms with Gasteiger partial charge >= 0.3 is 33.6 Å². The van der Waals surface area contributed by atoms with Gasteiger partial charge in [-0.2, -0.15) is 0 Å². The largest absolute Gasteiger partial charge is 0.472 e. The number of rotatable bonds is 65. The molecular weight excluding hydrogens is 1240 g/mol. The van der Waals surface area contributed by atoms with Gasteiger partial charge in [0.2, 0.25) is 0 Å². The zero-order valence-corrected chi connectivity index (χ0v) is 60.1. The summed E-state index contributed by atoms with van der Waals surface area (Å²) in [5.74, 6) is -1.68. The molecule has 0 aliphatic carbocycles. The number of hydrogen-bond donors (Lipinski definition) is 4. The van der Waals surface area contributed by atoms with Crippen LogP contribution >= 0.6 is 15.6 Å². The van der Waals surface area contributed by atoms with Crippen molar-refractivity contribution < 1.29 is 75.8 Å². The number of carbonyl (C=O) groups excluding carboxylic acids is 3. The molecule has 0 spiro atoms. The minimum Gasteiger partial charge on any atom is -0.463 e. The lowest BCUT2D eigenvalue weighted by Gasteiger charge is -2.21. The average Bonchev–Trinajstić information content (AvgIpc) is 1.75. The molecule has 0 saturated heterocycles. The molecule has 0 bridgehead atoms. The van der Waals surface area contributed by atoms with Gasteiger partial charge in [-0.25, -0.2) is 9.13 Å². The van der Waals surface area contributed by atoms with E-state index in [4.69, 9.17) is 32.3 Å². The molecule has 0 heterocycles. The summed E-state index contributed by atoms with van der Waals surface area (Å²) in [5, 5.41) is 20.6. The van der Waals surface area contributed by atoms with Gasteiger partial charge in [-0.3, -0.25) is 32.5 Å². The van der Waals surface area contributed by atoms with E-state index in [9.17, 15) is 43.5 Å². The molecule has 5 atom stereocenters. The Morgan fingerprint density at radius 1 is 0.305 bits per heavy atom. The Labute approximate surface area is 573 Å². The molecule has 0 aliphatic heterocycles. The van der Waals surface area contributed by atoms with Crippen LogP contribution in [0.3, 0.4) is 0 Å². The number of esters is 3. The summed E-state index contributed by atoms with van der Waals surface area (Å²) in [7, 11) is -9.83. The average molecular weight is 1370 g/mol. The normalized spacial score (nSPS) is 15.1. The summed E-state index contributed by atoms with van der Waals surface area (Å²) in [6, 6.07) is 0. The van der Waals surface area contributed by atoms with Crippen molar-refractivity contribution in [1.82, 2.24) is 0 Å². The van der Waals surface area contributed by atoms with Crippen molar-refractivity contribution in [2.24, 2.45) is 0 Å². The highest BCUT2D eigenvalue weighted by Crippen LogP contribution is 2.45. The van der Waals surface area contributed by atoms with E-state index >= 15 is 0 Å². The van der Waals surface area contributed by atoms with Gasteiger partial charge in [-0.05, 0) is 154 Å². The zero-order chi connectivity index (χ0) is 69.5. The van der Waals surface area contributed by atoms with Gasteiger partial charge in [0, 0.05) is 19.3 Å². The summed E-state index contributed by atoms with van der Waals surface area (Å²) in [6.45, 7) is 2.28. The lowest BCUT2D eigenvalue weighted by molar-refractivity contribution is -0.161. The van der Waals surface area contributed by atoms with E-state index in [1.165, 1.54) is 25.7 Å². The van der Waals surface area contributed by atoms with Crippen LogP contribution < -0.4 is 0 Å². The number of unbranched alkanes of at least 4 members (excludes halogenated alkanes) is 14. The van der Waals surface area contributed by atoms with E-state index in [1.807, 2.05) is 0 Å². The Bertz CT molecular complexity index is 2410. The summed E-state index contributed by atoms with van der Waals surface area (Å²) in [5.41, 5.74) is 0. The SMILES string of the molecule is CC/C=C\C/C=C\C/C=C\C/C=C\C/C=C\CCCCCC(=O)OCC(COP(=O)(O)OCC(O)COP(=O)(O)OCC(O)COC(=O)CCCCCCC/C=C\C/C=C\C/C=C\C/C=C\CCCCC)OC(=O)CCCCC/C=C\C/C=C\C/C=C\C/C=C\C/C=C\CC. The number of aliphatic hydroxyl groups is 2. The molecular formula is C77H124O16P2. The maximum absolute atomic E-state index is 12.9. The highest BCUT2D eigenvalue weighted by molar-refractivity contribution is 7.47. The molecule has 0 radical (unpaired) electrons. The summed E-state index contributed by atoms with van der Waals surface area (Å²) < 4.78 is 60.9. The number of phosphoric ester groups is 2. The highest BCUT2D eigenvalue weighted by atomic mass is 31.2. The second kappa shape index (κ2) is 68.8. The quantitative estimate of drug-likeness (QED) is 0.0146. The van der Waals surface area contributed by atoms with Crippen LogP contribution in [0.15, 0.2) is 170 Å². The molecule has 0 rings (SSSR count). The first-order valence-corrected chi connectivity index (χ1v) is 38.4. The number of hydrogen-bond acceptors (Lipinski definition) is 14. The molecule has 0 saturated carbocycles. The molecule has 0 amide bonds. The van der Waals surface area contributed by atoms with Gasteiger partial charge in [0.05, 0.1) is 26.4 Å². The van der Waals surface area contributed by atoms with Crippen molar-refractivity contribution in [1.29, 1.82) is 0 Å². The second-order valence-electron chi connectivity index (χ2n) is 22.9. The summed E-state index contributed by atoms with van der Waals surface area (Å²) in [4.78, 5) is 58.5. The monoisotopic (exact) mass is 1370 g/mol. The van der Waals surface area contributed by atoms with Crippen molar-refractivity contribution in [3.63, 3.8) is 0 Å². The van der Waals surface area contributed by atoms with Crippen LogP contribution in [0, 0.1) is 0 Å². The number of ether oxygens (including phenoxy) is 3. The molecule has 538 valence electrons. The standard InChI is InChI=1S/C77H124O16P2/c1-4-7-10-13-16-19-22-25-28-31-34-35-38-40-42-45-48-51-54-57-60-63-75(80)87-66-72(78)67-89-94(83,84)90-68-73(79)69-91-95(85,86)92-71-74(93-77(82)65-62-59-56-53-50-47-44-41-37-33-30-27-24-21-18-15-12-9-6-3)70-88-76(81)64-61-58-55-52-49-46-43-39-36-32-29-26-23-20-17-14-11-8-5-2/h8-9,11-12,16-21,25-30,34-37,39-42,46-47,49-50,72-74,78-79H,4-7,10,13-15,22-24,31-33,38,43-45,48,51-71H2,1-3H3,(H,83,84)(H,85,86)/b11-8-,12-9-,19-16-,20-17-,21-18-,28-25-,29-26-,30-27-,35-34-,39-36-,41-37-,42-40-,49-46-,50-47-. The summed E-state index contributed by atoms with van der Waals surface area (Å²) in [6.07, 6.45) is 85.4. The van der Waals surface area contributed by atoms with Crippen molar-refractivity contribution in [2.75, 3.05) is 39.6 Å². The van der Waals surface area contributed by atoms with Crippen LogP contribution in [0.2, 0.25) is 0 Å². The first-order chi connectivity index (χ1) is 46.2. The molecule has 5 unspecified atom stereocenters. The van der Waals surface area contributed by atoms with Gasteiger partial charge in [0.15, 0.2) is 6.10 Å². The minimum atomic E-state index is -4.96. The van der Waals surface area contributed by atoms with Crippen LogP contribution in [-0.2, 0) is 55.8 Å². The fourth-order valence-electron chi connectivity index (χ4n) is 8.55. The zero-order valence-electron chi connectivity index (χ0n) is 58.3. The highest BCUT2D eigenvalue weighted by Gasteiger charge is 2.29. The third kappa shape index (κ3) is 70.1. The number of aliphatic hydroxyl groups excluding tert-OH is 2. The van der Waals surface area contributed by atoms with Crippen LogP contribution in [0.5, 0.6) is 0 Å². The molecule has 4 N–H and O–H groups in total. The van der Waals surface area contributed by atoms with Crippen LogP contribution in [0.4, 0.5) is 0 Å². The summed E-state index contributed by atoms with van der Waals surface area (Å²) >= 11 is 0. The Morgan fingerprint density at radius 3 is 0.895 bits per heavy atom. The van der Waals surface area contributed by atoms with Crippen molar-refractivity contribution >= 4 is 33.6 Å². The Kier molecular flexibility index (Phi) is 65.1. The second-order valence-corrected chi connectivity index (χ2v) is 25.8. The Balaban J connectivity index is 4.81. The fraction of sp³-hybridized carbons (Fsp3) is 0.597. The molecule has 0 fully saturated rings. The molecule has 0 aromatic carbocycles. The first-order valence-electron chi connectivity index (χ1n) is 35.4. The third-order valence-electron chi connectivity index (χ3n) is 13.9. The Morgan fingerprint density at radius 2 is 0.558 bits per heavy atom. The molecule has 0 aromatic rings. The fourth-order valence-corrected chi connectivity index (χ4v) is 10.1. The lowest BCUT2D eigenvalue weighted by Crippen LogP contribution is -2.30. The van der Waals surface area contributed by atoms with Crippen molar-refractivity contribution in [2.45, 2.75) is 257 Å². The van der Waals surface area contributed by atoms with E-state index in [-0.39, 0.29) is 19.3 Å². The van der Waals surface area contributed by atoms with Gasteiger partial charge < -0.3 is 34.2 Å². The van der Waals surface area contributed by atoms with Crippen molar-refractivity contribution in [3.05, 3.63) is 170 Å². The van der Waals surface area contributed by atoms with Gasteiger partial charge in [0.25, 0.3) is 0 Å². The maximum Gasteiger partial charge on any atom is 0.472 e. The predicted molar refractivity (Wildman–Crippen MR) is 389 cm³/mol. The lowest BCUT2D eigenvalue weighted by atomic mass is 10.1. The van der Waals surface area contributed by atoms with Crippen molar-refractivity contribution in [3.8, 4) is 0 Å². The van der Waals surface area contributed by atoms with Gasteiger partial charge in [0.1, 0.15) is 25.4 Å². The van der Waals surface area contributed by atoms with E-state index in [0.29, 0.717) is 19.3 Å².